The summed E-state index contributed by atoms with van der Waals surface area (Å²) in [5.41, 5.74) is -0.283. The van der Waals surface area contributed by atoms with Gasteiger partial charge in [0.05, 0.1) is 6.20 Å². The molecule has 0 N–H and O–H groups in total. The number of carbonyl (C=O) groups excluding carboxylic acids is 1. The smallest absolute Gasteiger partial charge is 0.275 e. The zero-order valence-corrected chi connectivity index (χ0v) is 14.3. The minimum Gasteiger partial charge on any atom is -0.336 e. The highest BCUT2D eigenvalue weighted by atomic mass is 19.1. The Balaban J connectivity index is 1.76. The molecular formula is C18H25F2N3O. The molecular weight excluding hydrogens is 312 g/mol. The molecule has 0 aromatic carbocycles. The van der Waals surface area contributed by atoms with E-state index in [1.54, 1.807) is 4.90 Å². The summed E-state index contributed by atoms with van der Waals surface area (Å²) in [5, 5.41) is 0. The molecule has 0 bridgehead atoms. The van der Waals surface area contributed by atoms with E-state index in [4.69, 9.17) is 0 Å². The van der Waals surface area contributed by atoms with Crippen molar-refractivity contribution < 1.29 is 13.6 Å². The zero-order valence-electron chi connectivity index (χ0n) is 14.3. The molecule has 1 saturated heterocycles. The fourth-order valence-corrected chi connectivity index (χ4v) is 3.46. The number of halogens is 2. The maximum atomic E-state index is 13.9. The molecule has 0 unspecified atom stereocenters. The molecule has 0 radical (unpaired) electrons. The standard InChI is InChI=1S/C18H25F2N3O/c1-12(2)16-11-23(7-3-6-22(16)10-13-4-5-13)18(24)17-15(20)8-14(19)9-21-17/h8-9,12-13,16H,3-7,10-11H2,1-2H3/t16-/m1/s1. The van der Waals surface area contributed by atoms with Gasteiger partial charge in [-0.2, -0.15) is 0 Å². The molecule has 0 spiro atoms. The van der Waals surface area contributed by atoms with E-state index in [9.17, 15) is 13.6 Å². The van der Waals surface area contributed by atoms with Crippen molar-refractivity contribution >= 4 is 5.91 Å². The van der Waals surface area contributed by atoms with Crippen LogP contribution in [0.4, 0.5) is 8.78 Å². The lowest BCUT2D eigenvalue weighted by Crippen LogP contribution is -2.46. The summed E-state index contributed by atoms with van der Waals surface area (Å²) in [7, 11) is 0. The Kier molecular flexibility index (Phi) is 5.13. The van der Waals surface area contributed by atoms with Crippen LogP contribution in [0.2, 0.25) is 0 Å². The van der Waals surface area contributed by atoms with Crippen molar-refractivity contribution in [2.24, 2.45) is 11.8 Å². The van der Waals surface area contributed by atoms with E-state index in [2.05, 4.69) is 23.7 Å². The highest BCUT2D eigenvalue weighted by Gasteiger charge is 2.34. The Hall–Kier alpha value is -1.56. The number of hydrogen-bond donors (Lipinski definition) is 0. The van der Waals surface area contributed by atoms with Gasteiger partial charge in [-0.3, -0.25) is 9.69 Å². The van der Waals surface area contributed by atoms with Crippen molar-refractivity contribution in [1.82, 2.24) is 14.8 Å². The predicted octanol–water partition coefficient (Wildman–Crippen LogP) is 2.94. The first kappa shape index (κ1) is 17.3. The fourth-order valence-electron chi connectivity index (χ4n) is 3.46. The number of amides is 1. The van der Waals surface area contributed by atoms with Gasteiger partial charge in [0.2, 0.25) is 0 Å². The average molecular weight is 337 g/mol. The van der Waals surface area contributed by atoms with Gasteiger partial charge in [0.1, 0.15) is 5.82 Å². The zero-order chi connectivity index (χ0) is 17.3. The van der Waals surface area contributed by atoms with Gasteiger partial charge in [0, 0.05) is 38.3 Å². The Labute approximate surface area is 141 Å². The summed E-state index contributed by atoms with van der Waals surface area (Å²) in [6.45, 7) is 7.53. The number of aromatic nitrogens is 1. The summed E-state index contributed by atoms with van der Waals surface area (Å²) < 4.78 is 26.9. The topological polar surface area (TPSA) is 36.4 Å². The van der Waals surface area contributed by atoms with Crippen LogP contribution >= 0.6 is 0 Å². The van der Waals surface area contributed by atoms with E-state index < -0.39 is 17.5 Å². The van der Waals surface area contributed by atoms with Crippen LogP contribution in [0.3, 0.4) is 0 Å². The molecule has 132 valence electrons. The van der Waals surface area contributed by atoms with Crippen LogP contribution in [0.5, 0.6) is 0 Å². The molecule has 3 rings (SSSR count). The Morgan fingerprint density at radius 1 is 1.33 bits per heavy atom. The van der Waals surface area contributed by atoms with Gasteiger partial charge < -0.3 is 4.90 Å². The van der Waals surface area contributed by atoms with E-state index in [-0.39, 0.29) is 11.7 Å². The van der Waals surface area contributed by atoms with Crippen molar-refractivity contribution in [2.45, 2.75) is 39.2 Å². The van der Waals surface area contributed by atoms with Crippen molar-refractivity contribution in [3.05, 3.63) is 29.6 Å². The second-order valence-electron chi connectivity index (χ2n) is 7.34. The maximum absolute atomic E-state index is 13.9. The lowest BCUT2D eigenvalue weighted by Gasteiger charge is -2.34. The predicted molar refractivity (Wildman–Crippen MR) is 87.6 cm³/mol. The quantitative estimate of drug-likeness (QED) is 0.848. The second kappa shape index (κ2) is 7.13. The van der Waals surface area contributed by atoms with Crippen LogP contribution in [0.1, 0.15) is 43.6 Å². The number of rotatable bonds is 4. The summed E-state index contributed by atoms with van der Waals surface area (Å²) in [6.07, 6.45) is 4.36. The van der Waals surface area contributed by atoms with Crippen LogP contribution in [0, 0.1) is 23.5 Å². The van der Waals surface area contributed by atoms with Crippen molar-refractivity contribution in [1.29, 1.82) is 0 Å². The van der Waals surface area contributed by atoms with E-state index in [0.717, 1.165) is 37.7 Å². The first-order valence-corrected chi connectivity index (χ1v) is 8.80. The van der Waals surface area contributed by atoms with E-state index >= 15 is 0 Å². The normalized spacial score (nSPS) is 22.7. The van der Waals surface area contributed by atoms with E-state index in [1.807, 2.05) is 0 Å². The van der Waals surface area contributed by atoms with Gasteiger partial charge in [0.15, 0.2) is 11.5 Å². The largest absolute Gasteiger partial charge is 0.336 e. The minimum absolute atomic E-state index is 0.264. The Morgan fingerprint density at radius 3 is 2.71 bits per heavy atom. The highest BCUT2D eigenvalue weighted by Crippen LogP contribution is 2.32. The molecule has 1 amide bonds. The number of nitrogens with zero attached hydrogens (tertiary/aromatic N) is 3. The van der Waals surface area contributed by atoms with Crippen LogP contribution in [-0.4, -0.2) is 52.9 Å². The summed E-state index contributed by atoms with van der Waals surface area (Å²) in [5.74, 6) is -0.893. The third-order valence-electron chi connectivity index (χ3n) is 5.01. The van der Waals surface area contributed by atoms with Gasteiger partial charge in [-0.25, -0.2) is 13.8 Å². The second-order valence-corrected chi connectivity index (χ2v) is 7.34. The molecule has 2 aliphatic rings. The fraction of sp³-hybridized carbons (Fsp3) is 0.667. The molecule has 2 heterocycles. The lowest BCUT2D eigenvalue weighted by molar-refractivity contribution is 0.0693. The third kappa shape index (κ3) is 3.91. The molecule has 1 aromatic heterocycles. The van der Waals surface area contributed by atoms with Crippen molar-refractivity contribution in [2.75, 3.05) is 26.2 Å². The monoisotopic (exact) mass is 337 g/mol. The Morgan fingerprint density at radius 2 is 2.08 bits per heavy atom. The number of pyridine rings is 1. The van der Waals surface area contributed by atoms with Gasteiger partial charge in [0.25, 0.3) is 5.91 Å². The van der Waals surface area contributed by atoms with E-state index in [1.165, 1.54) is 12.8 Å². The minimum atomic E-state index is -0.889. The molecule has 4 nitrogen and oxygen atoms in total. The van der Waals surface area contributed by atoms with Crippen LogP contribution in [0.25, 0.3) is 0 Å². The molecule has 24 heavy (non-hydrogen) atoms. The number of carbonyl (C=O) groups is 1. The van der Waals surface area contributed by atoms with Crippen LogP contribution in [-0.2, 0) is 0 Å². The van der Waals surface area contributed by atoms with Gasteiger partial charge in [-0.1, -0.05) is 13.8 Å². The first-order valence-electron chi connectivity index (χ1n) is 8.80. The van der Waals surface area contributed by atoms with Gasteiger partial charge in [-0.15, -0.1) is 0 Å². The third-order valence-corrected chi connectivity index (χ3v) is 5.01. The van der Waals surface area contributed by atoms with Gasteiger partial charge in [-0.05, 0) is 31.1 Å². The van der Waals surface area contributed by atoms with E-state index in [0.29, 0.717) is 19.0 Å². The maximum Gasteiger partial charge on any atom is 0.275 e. The SMILES string of the molecule is CC(C)[C@H]1CN(C(=O)c2ncc(F)cc2F)CCCN1CC1CC1. The van der Waals surface area contributed by atoms with Crippen LogP contribution in [0.15, 0.2) is 12.3 Å². The van der Waals surface area contributed by atoms with Gasteiger partial charge >= 0.3 is 0 Å². The van der Waals surface area contributed by atoms with Crippen molar-refractivity contribution in [3.8, 4) is 0 Å². The molecule has 1 aliphatic heterocycles. The molecule has 1 aromatic rings. The highest BCUT2D eigenvalue weighted by molar-refractivity contribution is 5.92. The molecule has 2 fully saturated rings. The molecule has 1 aliphatic carbocycles. The summed E-state index contributed by atoms with van der Waals surface area (Å²) in [4.78, 5) is 20.5. The molecule has 1 saturated carbocycles. The molecule has 1 atom stereocenters. The average Bonchev–Trinajstić information content (AvgIpc) is 3.34. The number of hydrogen-bond acceptors (Lipinski definition) is 3. The summed E-state index contributed by atoms with van der Waals surface area (Å²) in [6, 6.07) is 0.984. The summed E-state index contributed by atoms with van der Waals surface area (Å²) >= 11 is 0. The lowest BCUT2D eigenvalue weighted by atomic mass is 10.0. The molecule has 6 heteroatoms. The first-order chi connectivity index (χ1) is 11.5. The van der Waals surface area contributed by atoms with Crippen molar-refractivity contribution in [3.63, 3.8) is 0 Å². The Bertz CT molecular complexity index is 604. The van der Waals surface area contributed by atoms with Crippen LogP contribution < -0.4 is 0 Å².